The molecule has 2 unspecified atom stereocenters. The molecule has 1 aromatic rings. The number of halogens is 1. The number of rotatable bonds is 4. The van der Waals surface area contributed by atoms with Gasteiger partial charge in [0.05, 0.1) is 17.2 Å². The van der Waals surface area contributed by atoms with E-state index in [1.54, 1.807) is 6.07 Å². The van der Waals surface area contributed by atoms with Crippen LogP contribution in [-0.4, -0.2) is 17.7 Å². The fourth-order valence-electron chi connectivity index (χ4n) is 2.29. The second kappa shape index (κ2) is 6.33. The Morgan fingerprint density at radius 3 is 3.06 bits per heavy atom. The summed E-state index contributed by atoms with van der Waals surface area (Å²) >= 11 is 5.94. The SMILES string of the molecule is NNC(CC1CCCCO1)c1cc(Cl)cnc1N. The first kappa shape index (κ1) is 13.5. The van der Waals surface area contributed by atoms with Crippen molar-refractivity contribution < 1.29 is 4.74 Å². The first-order chi connectivity index (χ1) is 8.70. The molecule has 0 radical (unpaired) electrons. The first-order valence-corrected chi connectivity index (χ1v) is 6.57. The van der Waals surface area contributed by atoms with E-state index >= 15 is 0 Å². The van der Waals surface area contributed by atoms with Crippen molar-refractivity contribution in [2.24, 2.45) is 5.84 Å². The van der Waals surface area contributed by atoms with E-state index in [9.17, 15) is 0 Å². The van der Waals surface area contributed by atoms with Gasteiger partial charge in [0.25, 0.3) is 0 Å². The second-order valence-corrected chi connectivity index (χ2v) is 5.01. The van der Waals surface area contributed by atoms with E-state index in [0.29, 0.717) is 10.8 Å². The van der Waals surface area contributed by atoms with Crippen LogP contribution in [-0.2, 0) is 4.74 Å². The van der Waals surface area contributed by atoms with E-state index in [-0.39, 0.29) is 12.1 Å². The number of hydrogen-bond donors (Lipinski definition) is 3. The summed E-state index contributed by atoms with van der Waals surface area (Å²) in [6, 6.07) is 1.72. The third-order valence-electron chi connectivity index (χ3n) is 3.27. The molecule has 0 aromatic carbocycles. The lowest BCUT2D eigenvalue weighted by Gasteiger charge is -2.27. The number of ether oxygens (including phenoxy) is 1. The zero-order chi connectivity index (χ0) is 13.0. The normalized spacial score (nSPS) is 21.8. The molecule has 5 nitrogen and oxygen atoms in total. The molecule has 1 aliphatic heterocycles. The van der Waals surface area contributed by atoms with Crippen LogP contribution < -0.4 is 17.0 Å². The molecule has 5 N–H and O–H groups in total. The van der Waals surface area contributed by atoms with E-state index < -0.39 is 0 Å². The highest BCUT2D eigenvalue weighted by atomic mass is 35.5. The fourth-order valence-corrected chi connectivity index (χ4v) is 2.45. The highest BCUT2D eigenvalue weighted by Crippen LogP contribution is 2.28. The largest absolute Gasteiger partial charge is 0.383 e. The van der Waals surface area contributed by atoms with Gasteiger partial charge >= 0.3 is 0 Å². The summed E-state index contributed by atoms with van der Waals surface area (Å²) in [7, 11) is 0. The Morgan fingerprint density at radius 2 is 2.39 bits per heavy atom. The van der Waals surface area contributed by atoms with Gasteiger partial charge in [-0.05, 0) is 31.7 Å². The van der Waals surface area contributed by atoms with Gasteiger partial charge in [-0.1, -0.05) is 11.6 Å². The number of nitrogens with two attached hydrogens (primary N) is 2. The van der Waals surface area contributed by atoms with Gasteiger partial charge in [0.15, 0.2) is 0 Å². The summed E-state index contributed by atoms with van der Waals surface area (Å²) in [6.45, 7) is 0.825. The molecule has 2 rings (SSSR count). The van der Waals surface area contributed by atoms with Crippen molar-refractivity contribution in [1.82, 2.24) is 10.4 Å². The standard InChI is InChI=1S/C12H19ClN4O/c13-8-5-10(12(14)16-7-8)11(17-15)6-9-3-1-2-4-18-9/h5,7,9,11,17H,1-4,6,15H2,(H2,14,16). The molecule has 1 aromatic heterocycles. The quantitative estimate of drug-likeness (QED) is 0.574. The summed E-state index contributed by atoms with van der Waals surface area (Å²) in [5, 5.41) is 0.559. The van der Waals surface area contributed by atoms with Crippen LogP contribution in [0, 0.1) is 0 Å². The molecule has 1 aliphatic rings. The van der Waals surface area contributed by atoms with Gasteiger partial charge in [0.2, 0.25) is 0 Å². The molecule has 1 saturated heterocycles. The highest BCUT2D eigenvalue weighted by Gasteiger charge is 2.22. The van der Waals surface area contributed by atoms with E-state index in [1.165, 1.54) is 12.6 Å². The number of nitrogen functional groups attached to an aromatic ring is 1. The lowest BCUT2D eigenvalue weighted by molar-refractivity contribution is 0.00505. The van der Waals surface area contributed by atoms with Gasteiger partial charge in [-0.3, -0.25) is 11.3 Å². The Bertz CT molecular complexity index is 396. The minimum absolute atomic E-state index is 0.0840. The zero-order valence-electron chi connectivity index (χ0n) is 10.2. The number of nitrogens with zero attached hydrogens (tertiary/aromatic N) is 1. The first-order valence-electron chi connectivity index (χ1n) is 6.19. The predicted octanol–water partition coefficient (Wildman–Crippen LogP) is 1.78. The Morgan fingerprint density at radius 1 is 1.56 bits per heavy atom. The van der Waals surface area contributed by atoms with Gasteiger partial charge in [-0.2, -0.15) is 0 Å². The summed E-state index contributed by atoms with van der Waals surface area (Å²) < 4.78 is 5.71. The van der Waals surface area contributed by atoms with Crippen molar-refractivity contribution in [3.63, 3.8) is 0 Å². The Labute approximate surface area is 112 Å². The Balaban J connectivity index is 2.09. The van der Waals surface area contributed by atoms with Crippen LogP contribution in [0.4, 0.5) is 5.82 Å². The maximum absolute atomic E-state index is 5.94. The number of hydrazine groups is 1. The van der Waals surface area contributed by atoms with Crippen LogP contribution in [0.1, 0.15) is 37.3 Å². The molecule has 100 valence electrons. The van der Waals surface area contributed by atoms with Gasteiger partial charge < -0.3 is 10.5 Å². The molecular formula is C12H19ClN4O. The van der Waals surface area contributed by atoms with Crippen molar-refractivity contribution in [2.75, 3.05) is 12.3 Å². The molecule has 6 heteroatoms. The van der Waals surface area contributed by atoms with Gasteiger partial charge in [-0.15, -0.1) is 0 Å². The minimum Gasteiger partial charge on any atom is -0.383 e. The van der Waals surface area contributed by atoms with Crippen molar-refractivity contribution >= 4 is 17.4 Å². The van der Waals surface area contributed by atoms with Crippen LogP contribution in [0.25, 0.3) is 0 Å². The number of nitrogens with one attached hydrogen (secondary N) is 1. The third kappa shape index (κ3) is 3.32. The second-order valence-electron chi connectivity index (χ2n) is 4.57. The molecule has 1 fully saturated rings. The molecule has 18 heavy (non-hydrogen) atoms. The van der Waals surface area contributed by atoms with Crippen molar-refractivity contribution in [2.45, 2.75) is 37.8 Å². The van der Waals surface area contributed by atoms with Gasteiger partial charge in [0, 0.05) is 18.4 Å². The van der Waals surface area contributed by atoms with Crippen LogP contribution in [0.2, 0.25) is 5.02 Å². The van der Waals surface area contributed by atoms with Crippen LogP contribution in [0.5, 0.6) is 0 Å². The monoisotopic (exact) mass is 270 g/mol. The summed E-state index contributed by atoms with van der Waals surface area (Å²) in [6.07, 6.45) is 5.93. The van der Waals surface area contributed by atoms with Crippen LogP contribution in [0.3, 0.4) is 0 Å². The predicted molar refractivity (Wildman–Crippen MR) is 71.9 cm³/mol. The number of pyridine rings is 1. The summed E-state index contributed by atoms with van der Waals surface area (Å²) in [4.78, 5) is 4.05. The lowest BCUT2D eigenvalue weighted by atomic mass is 9.97. The smallest absolute Gasteiger partial charge is 0.128 e. The van der Waals surface area contributed by atoms with E-state index in [1.807, 2.05) is 0 Å². The average molecular weight is 271 g/mol. The van der Waals surface area contributed by atoms with E-state index in [4.69, 9.17) is 27.9 Å². The van der Waals surface area contributed by atoms with Crippen molar-refractivity contribution in [1.29, 1.82) is 0 Å². The highest BCUT2D eigenvalue weighted by molar-refractivity contribution is 6.30. The molecular weight excluding hydrogens is 252 g/mol. The number of aromatic nitrogens is 1. The topological polar surface area (TPSA) is 86.2 Å². The van der Waals surface area contributed by atoms with Crippen molar-refractivity contribution in [3.05, 3.63) is 22.8 Å². The van der Waals surface area contributed by atoms with E-state index in [2.05, 4.69) is 10.4 Å². The molecule has 2 atom stereocenters. The minimum atomic E-state index is -0.0840. The maximum atomic E-state index is 5.94. The van der Waals surface area contributed by atoms with Crippen molar-refractivity contribution in [3.8, 4) is 0 Å². The lowest BCUT2D eigenvalue weighted by Crippen LogP contribution is -2.33. The molecule has 2 heterocycles. The van der Waals surface area contributed by atoms with Crippen LogP contribution >= 0.6 is 11.6 Å². The number of hydrogen-bond acceptors (Lipinski definition) is 5. The van der Waals surface area contributed by atoms with Gasteiger partial charge in [-0.25, -0.2) is 4.98 Å². The third-order valence-corrected chi connectivity index (χ3v) is 3.47. The maximum Gasteiger partial charge on any atom is 0.128 e. The Hall–Kier alpha value is -0.880. The average Bonchev–Trinajstić information content (AvgIpc) is 2.40. The zero-order valence-corrected chi connectivity index (χ0v) is 11.0. The molecule has 0 saturated carbocycles. The Kier molecular flexibility index (Phi) is 4.77. The van der Waals surface area contributed by atoms with E-state index in [0.717, 1.165) is 31.4 Å². The number of anilines is 1. The molecule has 0 spiro atoms. The molecule has 0 bridgehead atoms. The summed E-state index contributed by atoms with van der Waals surface area (Å²) in [5.74, 6) is 6.07. The molecule has 0 aliphatic carbocycles. The molecule has 0 amide bonds. The fraction of sp³-hybridized carbons (Fsp3) is 0.583. The van der Waals surface area contributed by atoms with Gasteiger partial charge in [0.1, 0.15) is 5.82 Å². The van der Waals surface area contributed by atoms with Crippen LogP contribution in [0.15, 0.2) is 12.3 Å². The summed E-state index contributed by atoms with van der Waals surface area (Å²) in [5.41, 5.74) is 9.47.